The average molecular weight is 234 g/mol. The molecule has 0 amide bonds. The van der Waals surface area contributed by atoms with E-state index in [9.17, 15) is 10.0 Å². The van der Waals surface area contributed by atoms with Gasteiger partial charge in [-0.25, -0.2) is 4.79 Å². The van der Waals surface area contributed by atoms with Crippen LogP contribution in [0.15, 0.2) is 23.4 Å². The van der Waals surface area contributed by atoms with Crippen LogP contribution in [0.3, 0.4) is 0 Å². The summed E-state index contributed by atoms with van der Waals surface area (Å²) in [4.78, 5) is 11.8. The van der Waals surface area contributed by atoms with Crippen LogP contribution in [0.4, 0.5) is 0 Å². The number of ether oxygens (including phenoxy) is 1. The number of aryl methyl sites for hydroxylation is 1. The lowest BCUT2D eigenvalue weighted by molar-refractivity contribution is 0.00688. The zero-order chi connectivity index (χ0) is 13.1. The fourth-order valence-corrected chi connectivity index (χ4v) is 1.39. The first kappa shape index (κ1) is 13.2. The first-order valence-corrected chi connectivity index (χ1v) is 5.33. The Morgan fingerprint density at radius 1 is 1.41 bits per heavy atom. The van der Waals surface area contributed by atoms with Crippen molar-refractivity contribution in [1.82, 2.24) is 0 Å². The van der Waals surface area contributed by atoms with Crippen molar-refractivity contribution in [1.29, 1.82) is 0 Å². The Morgan fingerprint density at radius 2 is 2.06 bits per heavy atom. The van der Waals surface area contributed by atoms with E-state index >= 15 is 0 Å². The van der Waals surface area contributed by atoms with Gasteiger partial charge in [-0.3, -0.25) is 0 Å². The molecule has 0 spiro atoms. The third kappa shape index (κ3) is 3.90. The Hall–Kier alpha value is -1.84. The van der Waals surface area contributed by atoms with Gasteiger partial charge in [0.1, 0.15) is 5.60 Å². The van der Waals surface area contributed by atoms with Crippen molar-refractivity contribution < 1.29 is 9.53 Å². The minimum Gasteiger partial charge on any atom is -0.792 e. The zero-order valence-electron chi connectivity index (χ0n) is 10.5. The van der Waals surface area contributed by atoms with Crippen LogP contribution in [-0.4, -0.2) is 17.8 Å². The van der Waals surface area contributed by atoms with E-state index < -0.39 is 5.60 Å². The molecule has 0 bridgehead atoms. The van der Waals surface area contributed by atoms with Gasteiger partial charge in [-0.05, 0) is 51.0 Å². The van der Waals surface area contributed by atoms with Gasteiger partial charge in [-0.1, -0.05) is 6.07 Å². The highest BCUT2D eigenvalue weighted by atomic mass is 16.6. The van der Waals surface area contributed by atoms with Crippen LogP contribution in [0.2, 0.25) is 0 Å². The minimum atomic E-state index is -0.515. The number of carbonyl (C=O) groups is 1. The quantitative estimate of drug-likeness (QED) is 0.449. The fraction of sp³-hybridized carbons (Fsp3) is 0.385. The van der Waals surface area contributed by atoms with Crippen molar-refractivity contribution >= 4 is 12.2 Å². The predicted molar refractivity (Wildman–Crippen MR) is 67.3 cm³/mol. The summed E-state index contributed by atoms with van der Waals surface area (Å²) in [6, 6.07) is 5.02. The van der Waals surface area contributed by atoms with Crippen LogP contribution in [0.1, 0.15) is 42.3 Å². The van der Waals surface area contributed by atoms with Crippen LogP contribution in [0, 0.1) is 12.1 Å². The first-order valence-electron chi connectivity index (χ1n) is 5.33. The van der Waals surface area contributed by atoms with Crippen molar-refractivity contribution in [3.05, 3.63) is 40.1 Å². The van der Waals surface area contributed by atoms with Gasteiger partial charge in [0.15, 0.2) is 0 Å². The van der Waals surface area contributed by atoms with Gasteiger partial charge in [0.25, 0.3) is 0 Å². The number of nitrogens with zero attached hydrogens (tertiary/aromatic N) is 1. The standard InChI is InChI=1S/C13H17NO3/c1-9-7-10(8-14-16)5-6-11(9)12(15)17-13(2,3)4/h5-8,16H,1-4H3/p-1/b14-8+. The molecule has 0 aliphatic heterocycles. The molecule has 0 saturated heterocycles. The van der Waals surface area contributed by atoms with Gasteiger partial charge in [0.05, 0.1) is 5.56 Å². The Bertz CT molecular complexity index is 444. The molecule has 0 atom stereocenters. The summed E-state index contributed by atoms with van der Waals surface area (Å²) in [6.45, 7) is 7.25. The van der Waals surface area contributed by atoms with Crippen LogP contribution in [-0.2, 0) is 4.74 Å². The van der Waals surface area contributed by atoms with E-state index in [0.29, 0.717) is 11.1 Å². The molecule has 0 aliphatic rings. The molecular weight excluding hydrogens is 218 g/mol. The smallest absolute Gasteiger partial charge is 0.338 e. The molecular formula is C13H16NO3-. The second-order valence-corrected chi connectivity index (χ2v) is 4.81. The second kappa shape index (κ2) is 4.99. The molecule has 1 aromatic rings. The van der Waals surface area contributed by atoms with E-state index in [1.54, 1.807) is 25.1 Å². The van der Waals surface area contributed by atoms with E-state index in [4.69, 9.17) is 4.74 Å². The molecule has 0 aliphatic carbocycles. The maximum Gasteiger partial charge on any atom is 0.338 e. The minimum absolute atomic E-state index is 0.361. The maximum atomic E-state index is 11.8. The molecule has 0 N–H and O–H groups in total. The van der Waals surface area contributed by atoms with Crippen molar-refractivity contribution in [2.45, 2.75) is 33.3 Å². The van der Waals surface area contributed by atoms with Gasteiger partial charge < -0.3 is 15.1 Å². The summed E-state index contributed by atoms with van der Waals surface area (Å²) >= 11 is 0. The van der Waals surface area contributed by atoms with E-state index in [0.717, 1.165) is 5.56 Å². The topological polar surface area (TPSA) is 61.7 Å². The van der Waals surface area contributed by atoms with Gasteiger partial charge in [0, 0.05) is 6.21 Å². The van der Waals surface area contributed by atoms with E-state index in [2.05, 4.69) is 5.16 Å². The van der Waals surface area contributed by atoms with Gasteiger partial charge in [-0.2, -0.15) is 0 Å². The number of hydrogen-bond donors (Lipinski definition) is 0. The molecule has 17 heavy (non-hydrogen) atoms. The molecule has 1 aromatic carbocycles. The molecule has 4 heteroatoms. The Kier molecular flexibility index (Phi) is 3.89. The van der Waals surface area contributed by atoms with E-state index in [1.807, 2.05) is 20.8 Å². The summed E-state index contributed by atoms with van der Waals surface area (Å²) in [5.74, 6) is -0.361. The van der Waals surface area contributed by atoms with Crippen LogP contribution >= 0.6 is 0 Å². The summed E-state index contributed by atoms with van der Waals surface area (Å²) in [5.41, 5.74) is 1.42. The van der Waals surface area contributed by atoms with Crippen LogP contribution in [0.5, 0.6) is 0 Å². The summed E-state index contributed by atoms with van der Waals surface area (Å²) in [5, 5.41) is 12.8. The van der Waals surface area contributed by atoms with Gasteiger partial charge >= 0.3 is 5.97 Å². The number of hydrogen-bond acceptors (Lipinski definition) is 4. The van der Waals surface area contributed by atoms with Crippen molar-refractivity contribution in [2.24, 2.45) is 5.16 Å². The highest BCUT2D eigenvalue weighted by Crippen LogP contribution is 2.16. The van der Waals surface area contributed by atoms with Gasteiger partial charge in [0.2, 0.25) is 0 Å². The summed E-state index contributed by atoms with van der Waals surface area (Å²) < 4.78 is 5.27. The first-order chi connectivity index (χ1) is 7.83. The molecule has 0 heterocycles. The SMILES string of the molecule is Cc1cc(/C=N/[O-])ccc1C(=O)OC(C)(C)C. The molecule has 0 aromatic heterocycles. The summed E-state index contributed by atoms with van der Waals surface area (Å²) in [6.07, 6.45) is 1.20. The molecule has 1 rings (SSSR count). The van der Waals surface area contributed by atoms with Crippen LogP contribution in [0.25, 0.3) is 0 Å². The Morgan fingerprint density at radius 3 is 2.53 bits per heavy atom. The lowest BCUT2D eigenvalue weighted by atomic mass is 10.1. The molecule has 0 unspecified atom stereocenters. The van der Waals surface area contributed by atoms with Crippen molar-refractivity contribution in [3.8, 4) is 0 Å². The highest BCUT2D eigenvalue weighted by molar-refractivity contribution is 5.92. The average Bonchev–Trinajstić information content (AvgIpc) is 2.15. The number of rotatable bonds is 2. The van der Waals surface area contributed by atoms with Crippen molar-refractivity contribution in [2.75, 3.05) is 0 Å². The fourth-order valence-electron chi connectivity index (χ4n) is 1.39. The molecule has 92 valence electrons. The number of benzene rings is 1. The molecule has 0 saturated carbocycles. The molecule has 0 fully saturated rings. The maximum absolute atomic E-state index is 11.8. The third-order valence-electron chi connectivity index (χ3n) is 2.07. The Labute approximate surface area is 101 Å². The second-order valence-electron chi connectivity index (χ2n) is 4.81. The lowest BCUT2D eigenvalue weighted by Crippen LogP contribution is -2.24. The lowest BCUT2D eigenvalue weighted by Gasteiger charge is -2.20. The largest absolute Gasteiger partial charge is 0.792 e. The van der Waals surface area contributed by atoms with E-state index in [-0.39, 0.29) is 5.97 Å². The highest BCUT2D eigenvalue weighted by Gasteiger charge is 2.19. The third-order valence-corrected chi connectivity index (χ3v) is 2.07. The van der Waals surface area contributed by atoms with E-state index in [1.165, 1.54) is 6.21 Å². The monoisotopic (exact) mass is 234 g/mol. The Balaban J connectivity index is 2.96. The molecule has 4 nitrogen and oxygen atoms in total. The summed E-state index contributed by atoms with van der Waals surface area (Å²) in [7, 11) is 0. The van der Waals surface area contributed by atoms with Crippen molar-refractivity contribution in [3.63, 3.8) is 0 Å². The zero-order valence-corrected chi connectivity index (χ0v) is 10.5. The normalized spacial score (nSPS) is 11.8. The van der Waals surface area contributed by atoms with Gasteiger partial charge in [-0.15, -0.1) is 0 Å². The van der Waals surface area contributed by atoms with Crippen LogP contribution < -0.4 is 0 Å². The number of carbonyl (C=O) groups excluding carboxylic acids is 1. The predicted octanol–water partition coefficient (Wildman–Crippen LogP) is 2.87. The molecule has 0 radical (unpaired) electrons. The number of esters is 1.